The highest BCUT2D eigenvalue weighted by atomic mass is 16.5. The third-order valence-corrected chi connectivity index (χ3v) is 3.72. The Morgan fingerprint density at radius 2 is 2.00 bits per heavy atom. The van der Waals surface area contributed by atoms with Crippen molar-refractivity contribution < 1.29 is 9.48 Å². The molecule has 1 N–H and O–H groups in total. The number of hydrogen-bond acceptors (Lipinski definition) is 3. The first-order valence-electron chi connectivity index (χ1n) is 6.59. The fourth-order valence-corrected chi connectivity index (χ4v) is 2.69. The third-order valence-electron chi connectivity index (χ3n) is 3.72. The Morgan fingerprint density at radius 1 is 1.37 bits per heavy atom. The highest BCUT2D eigenvalue weighted by Crippen LogP contribution is 2.32. The Hall–Kier alpha value is -1.55. The van der Waals surface area contributed by atoms with E-state index in [0.29, 0.717) is 6.54 Å². The monoisotopic (exact) mass is 262 g/mol. The number of benzene rings is 1. The van der Waals surface area contributed by atoms with E-state index in [1.165, 1.54) is 0 Å². The summed E-state index contributed by atoms with van der Waals surface area (Å²) < 4.78 is 6.24. The van der Waals surface area contributed by atoms with Gasteiger partial charge in [0.25, 0.3) is 0 Å². The molecule has 1 unspecified atom stereocenters. The summed E-state index contributed by atoms with van der Waals surface area (Å²) in [6.07, 6.45) is 0.686. The number of rotatable bonds is 4. The molecular weight excluding hydrogens is 240 g/mol. The average Bonchev–Trinajstić information content (AvgIpc) is 2.57. The minimum absolute atomic E-state index is 0.0295. The van der Waals surface area contributed by atoms with Crippen molar-refractivity contribution in [2.24, 2.45) is 5.41 Å². The summed E-state index contributed by atoms with van der Waals surface area (Å²) in [7, 11) is 1.65. The van der Waals surface area contributed by atoms with Crippen LogP contribution >= 0.6 is 0 Å². The zero-order valence-corrected chi connectivity index (χ0v) is 12.1. The lowest BCUT2D eigenvalue weighted by Crippen LogP contribution is -2.43. The van der Waals surface area contributed by atoms with E-state index >= 15 is 0 Å². The summed E-state index contributed by atoms with van der Waals surface area (Å²) in [5.74, 6) is 0.847. The highest BCUT2D eigenvalue weighted by Gasteiger charge is 2.43. The number of hydrogen-bond donors (Lipinski definition) is 1. The van der Waals surface area contributed by atoms with Crippen LogP contribution in [-0.4, -0.2) is 23.7 Å². The molecule has 1 aromatic rings. The molecule has 0 saturated heterocycles. The molecule has 4 heteroatoms. The quantitative estimate of drug-likeness (QED) is 0.670. The van der Waals surface area contributed by atoms with Crippen molar-refractivity contribution >= 4 is 5.71 Å². The maximum Gasteiger partial charge on any atom is 0.222 e. The molecule has 0 saturated carbocycles. The lowest BCUT2D eigenvalue weighted by atomic mass is 9.87. The Labute approximate surface area is 114 Å². The van der Waals surface area contributed by atoms with E-state index in [-0.39, 0.29) is 11.6 Å². The number of nitrogens with zero attached hydrogens (tertiary/aromatic N) is 1. The normalized spacial score (nSPS) is 21.8. The Balaban J connectivity index is 2.01. The standard InChI is InChI=1S/C15H22N2O2/c1-11-9-15(2,3)14(17(11)18)16-10-12-5-7-13(19-4)8-6-12/h5-8,14,16H,9-10H2,1-4H3. The molecule has 0 fully saturated rings. The maximum atomic E-state index is 12.0. The van der Waals surface area contributed by atoms with E-state index in [2.05, 4.69) is 19.2 Å². The molecule has 2 rings (SSSR count). The summed E-state index contributed by atoms with van der Waals surface area (Å²) >= 11 is 0. The SMILES string of the molecule is COc1ccc(CNC2[N+]([O-])=C(C)CC2(C)C)cc1. The molecule has 0 spiro atoms. The molecule has 1 aliphatic heterocycles. The first-order chi connectivity index (χ1) is 8.94. The van der Waals surface area contributed by atoms with E-state index in [1.807, 2.05) is 31.2 Å². The van der Waals surface area contributed by atoms with Gasteiger partial charge in [0.05, 0.1) is 12.5 Å². The van der Waals surface area contributed by atoms with Gasteiger partial charge >= 0.3 is 0 Å². The van der Waals surface area contributed by atoms with E-state index in [1.54, 1.807) is 7.11 Å². The Morgan fingerprint density at radius 3 is 2.47 bits per heavy atom. The van der Waals surface area contributed by atoms with Gasteiger partial charge in [-0.3, -0.25) is 5.32 Å². The van der Waals surface area contributed by atoms with E-state index in [0.717, 1.165) is 28.2 Å². The fourth-order valence-electron chi connectivity index (χ4n) is 2.69. The second-order valence-electron chi connectivity index (χ2n) is 5.86. The topological polar surface area (TPSA) is 47.3 Å². The molecule has 0 amide bonds. The first kappa shape index (κ1) is 13.9. The predicted molar refractivity (Wildman–Crippen MR) is 76.3 cm³/mol. The van der Waals surface area contributed by atoms with E-state index in [4.69, 9.17) is 4.74 Å². The smallest absolute Gasteiger partial charge is 0.222 e. The zero-order chi connectivity index (χ0) is 14.0. The highest BCUT2D eigenvalue weighted by molar-refractivity contribution is 5.79. The second-order valence-corrected chi connectivity index (χ2v) is 5.86. The molecule has 4 nitrogen and oxygen atoms in total. The van der Waals surface area contributed by atoms with Gasteiger partial charge in [-0.15, -0.1) is 0 Å². The van der Waals surface area contributed by atoms with Crippen molar-refractivity contribution in [1.29, 1.82) is 0 Å². The molecular formula is C15H22N2O2. The minimum atomic E-state index is -0.158. The summed E-state index contributed by atoms with van der Waals surface area (Å²) in [4.78, 5) is 0. The summed E-state index contributed by atoms with van der Waals surface area (Å²) in [5, 5.41) is 15.4. The predicted octanol–water partition coefficient (Wildman–Crippen LogP) is 2.51. The molecule has 1 aliphatic rings. The Bertz CT molecular complexity index is 477. The largest absolute Gasteiger partial charge is 0.623 e. The van der Waals surface area contributed by atoms with Gasteiger partial charge in [-0.2, -0.15) is 4.74 Å². The average molecular weight is 262 g/mol. The number of ether oxygens (including phenoxy) is 1. The molecule has 0 aromatic heterocycles. The second kappa shape index (κ2) is 5.21. The van der Waals surface area contributed by atoms with Crippen LogP contribution in [0, 0.1) is 10.6 Å². The van der Waals surface area contributed by atoms with E-state index in [9.17, 15) is 5.21 Å². The van der Waals surface area contributed by atoms with Crippen molar-refractivity contribution in [1.82, 2.24) is 5.32 Å². The number of methoxy groups -OCH3 is 1. The van der Waals surface area contributed by atoms with Crippen LogP contribution in [0.2, 0.25) is 0 Å². The fraction of sp³-hybridized carbons (Fsp3) is 0.533. The summed E-state index contributed by atoms with van der Waals surface area (Å²) in [5.41, 5.74) is 2.02. The van der Waals surface area contributed by atoms with Gasteiger partial charge in [0.1, 0.15) is 5.75 Å². The Kier molecular flexibility index (Phi) is 3.80. The van der Waals surface area contributed by atoms with Gasteiger partial charge in [0, 0.05) is 19.9 Å². The zero-order valence-electron chi connectivity index (χ0n) is 12.1. The van der Waals surface area contributed by atoms with Crippen LogP contribution in [-0.2, 0) is 6.54 Å². The molecule has 1 heterocycles. The van der Waals surface area contributed by atoms with Gasteiger partial charge in [-0.1, -0.05) is 26.0 Å². The van der Waals surface area contributed by atoms with Crippen molar-refractivity contribution in [2.75, 3.05) is 7.11 Å². The molecule has 0 radical (unpaired) electrons. The van der Waals surface area contributed by atoms with Crippen LogP contribution in [0.1, 0.15) is 32.8 Å². The van der Waals surface area contributed by atoms with Crippen LogP contribution < -0.4 is 10.1 Å². The number of nitrogens with one attached hydrogen (secondary N) is 1. The third kappa shape index (κ3) is 2.89. The van der Waals surface area contributed by atoms with Gasteiger partial charge < -0.3 is 9.94 Å². The maximum absolute atomic E-state index is 12.0. The molecule has 1 atom stereocenters. The molecule has 19 heavy (non-hydrogen) atoms. The van der Waals surface area contributed by atoms with Crippen molar-refractivity contribution in [3.8, 4) is 5.75 Å². The van der Waals surface area contributed by atoms with Crippen LogP contribution in [0.15, 0.2) is 24.3 Å². The first-order valence-corrected chi connectivity index (χ1v) is 6.59. The van der Waals surface area contributed by atoms with Crippen LogP contribution in [0.3, 0.4) is 0 Å². The summed E-state index contributed by atoms with van der Waals surface area (Å²) in [6, 6.07) is 7.89. The van der Waals surface area contributed by atoms with Crippen molar-refractivity contribution in [2.45, 2.75) is 39.9 Å². The molecule has 1 aromatic carbocycles. The van der Waals surface area contributed by atoms with Crippen LogP contribution in [0.5, 0.6) is 5.75 Å². The van der Waals surface area contributed by atoms with Gasteiger partial charge in [0.2, 0.25) is 6.17 Å². The molecule has 104 valence electrons. The molecule has 0 aliphatic carbocycles. The van der Waals surface area contributed by atoms with Crippen LogP contribution in [0.4, 0.5) is 0 Å². The number of hydroxylamine groups is 1. The van der Waals surface area contributed by atoms with Crippen LogP contribution in [0.25, 0.3) is 0 Å². The van der Waals surface area contributed by atoms with Crippen molar-refractivity contribution in [3.05, 3.63) is 35.0 Å². The van der Waals surface area contributed by atoms with Gasteiger partial charge in [0.15, 0.2) is 5.71 Å². The lowest BCUT2D eigenvalue weighted by Gasteiger charge is -2.25. The summed E-state index contributed by atoms with van der Waals surface area (Å²) in [6.45, 7) is 6.84. The van der Waals surface area contributed by atoms with Gasteiger partial charge in [-0.25, -0.2) is 0 Å². The lowest BCUT2D eigenvalue weighted by molar-refractivity contribution is -0.514. The molecule has 0 bridgehead atoms. The van der Waals surface area contributed by atoms with E-state index < -0.39 is 0 Å². The van der Waals surface area contributed by atoms with Crippen molar-refractivity contribution in [3.63, 3.8) is 0 Å². The van der Waals surface area contributed by atoms with Gasteiger partial charge in [-0.05, 0) is 17.7 Å². The minimum Gasteiger partial charge on any atom is -0.623 e.